The van der Waals surface area contributed by atoms with Crippen LogP contribution in [0.25, 0.3) is 0 Å². The van der Waals surface area contributed by atoms with Crippen molar-refractivity contribution in [2.24, 2.45) is 0 Å². The summed E-state index contributed by atoms with van der Waals surface area (Å²) in [7, 11) is -4.00. The summed E-state index contributed by atoms with van der Waals surface area (Å²) in [6, 6.07) is 10.7. The van der Waals surface area contributed by atoms with Crippen molar-refractivity contribution in [3.63, 3.8) is 0 Å². The lowest BCUT2D eigenvalue weighted by Crippen LogP contribution is -2.48. The molecule has 1 amide bonds. The maximum atomic E-state index is 13.0. The monoisotopic (exact) mass is 442 g/mol. The second kappa shape index (κ2) is 9.51. The Morgan fingerprint density at radius 1 is 1.13 bits per heavy atom. The highest BCUT2D eigenvalue weighted by atomic mass is 32.2. The molecule has 2 aromatic carbocycles. The maximum Gasteiger partial charge on any atom is 0.416 e. The minimum absolute atomic E-state index is 0.213. The van der Waals surface area contributed by atoms with Gasteiger partial charge in [0.25, 0.3) is 0 Å². The molecule has 0 aromatic heterocycles. The fourth-order valence-corrected chi connectivity index (χ4v) is 4.31. The van der Waals surface area contributed by atoms with Crippen molar-refractivity contribution in [1.29, 1.82) is 0 Å². The molecule has 9 heteroatoms. The van der Waals surface area contributed by atoms with Crippen LogP contribution in [0.1, 0.15) is 30.0 Å². The highest BCUT2D eigenvalue weighted by molar-refractivity contribution is 7.92. The molecular formula is C21H25F3N2O3S. The Bertz CT molecular complexity index is 991. The molecule has 0 saturated heterocycles. The van der Waals surface area contributed by atoms with Gasteiger partial charge in [0.15, 0.2) is 0 Å². The lowest BCUT2D eigenvalue weighted by Gasteiger charge is -2.28. The molecule has 0 bridgehead atoms. The zero-order valence-corrected chi connectivity index (χ0v) is 17.8. The normalized spacial score (nSPS) is 13.0. The molecule has 0 spiro atoms. The Kier molecular flexibility index (Phi) is 7.52. The van der Waals surface area contributed by atoms with Crippen LogP contribution in [0.5, 0.6) is 0 Å². The van der Waals surface area contributed by atoms with Gasteiger partial charge in [-0.2, -0.15) is 13.2 Å². The molecule has 2 aromatic rings. The molecule has 1 N–H and O–H groups in total. The Morgan fingerprint density at radius 3 is 2.40 bits per heavy atom. The zero-order valence-electron chi connectivity index (χ0n) is 17.0. The van der Waals surface area contributed by atoms with E-state index < -0.39 is 33.7 Å². The average molecular weight is 443 g/mol. The van der Waals surface area contributed by atoms with Crippen molar-refractivity contribution < 1.29 is 26.4 Å². The van der Waals surface area contributed by atoms with Crippen molar-refractivity contribution in [3.8, 4) is 0 Å². The molecule has 1 atom stereocenters. The van der Waals surface area contributed by atoms with Crippen LogP contribution in [0.2, 0.25) is 0 Å². The number of amides is 1. The van der Waals surface area contributed by atoms with E-state index in [0.717, 1.165) is 42.0 Å². The quantitative estimate of drug-likeness (QED) is 0.631. The van der Waals surface area contributed by atoms with Gasteiger partial charge in [-0.25, -0.2) is 8.42 Å². The van der Waals surface area contributed by atoms with Crippen LogP contribution in [0, 0.1) is 6.92 Å². The fraction of sp³-hybridized carbons (Fsp3) is 0.381. The summed E-state index contributed by atoms with van der Waals surface area (Å²) in [5.74, 6) is -0.581. The van der Waals surface area contributed by atoms with Crippen LogP contribution in [-0.4, -0.2) is 33.2 Å². The number of nitrogens with zero attached hydrogens (tertiary/aromatic N) is 1. The molecule has 0 aliphatic rings. The first-order chi connectivity index (χ1) is 13.9. The topological polar surface area (TPSA) is 66.5 Å². The summed E-state index contributed by atoms with van der Waals surface area (Å²) in [6.45, 7) is 3.65. The van der Waals surface area contributed by atoms with E-state index in [-0.39, 0.29) is 5.69 Å². The van der Waals surface area contributed by atoms with E-state index in [0.29, 0.717) is 17.3 Å². The number of nitrogens with one attached hydrogen (secondary N) is 1. The number of alkyl halides is 3. The van der Waals surface area contributed by atoms with Crippen LogP contribution in [0.3, 0.4) is 0 Å². The highest BCUT2D eigenvalue weighted by Gasteiger charge is 2.33. The van der Waals surface area contributed by atoms with Crippen molar-refractivity contribution >= 4 is 21.6 Å². The van der Waals surface area contributed by atoms with Crippen LogP contribution >= 0.6 is 0 Å². The largest absolute Gasteiger partial charge is 0.416 e. The molecule has 30 heavy (non-hydrogen) atoms. The van der Waals surface area contributed by atoms with Gasteiger partial charge in [0, 0.05) is 6.54 Å². The van der Waals surface area contributed by atoms with Crippen molar-refractivity contribution in [2.45, 2.75) is 38.9 Å². The molecule has 2 rings (SSSR count). The Morgan fingerprint density at radius 2 is 1.80 bits per heavy atom. The fourth-order valence-electron chi connectivity index (χ4n) is 3.15. The summed E-state index contributed by atoms with van der Waals surface area (Å²) in [6.07, 6.45) is -2.39. The summed E-state index contributed by atoms with van der Waals surface area (Å²) in [5.41, 5.74) is 1.06. The minimum atomic E-state index is -4.62. The van der Waals surface area contributed by atoms with Gasteiger partial charge in [0.05, 0.1) is 17.5 Å². The SMILES string of the molecule is Cc1cccc(CCCNC(=O)[C@@H](C)N(c2cccc(C(F)(F)F)c2)S(C)(=O)=O)c1. The molecule has 5 nitrogen and oxygen atoms in total. The van der Waals surface area contributed by atoms with Gasteiger partial charge in [-0.3, -0.25) is 9.10 Å². The molecular weight excluding hydrogens is 417 g/mol. The summed E-state index contributed by atoms with van der Waals surface area (Å²) >= 11 is 0. The summed E-state index contributed by atoms with van der Waals surface area (Å²) in [5, 5.41) is 2.67. The van der Waals surface area contributed by atoms with Crippen LogP contribution < -0.4 is 9.62 Å². The van der Waals surface area contributed by atoms with Crippen molar-refractivity contribution in [2.75, 3.05) is 17.1 Å². The third-order valence-corrected chi connectivity index (χ3v) is 5.78. The van der Waals surface area contributed by atoms with E-state index in [4.69, 9.17) is 0 Å². The van der Waals surface area contributed by atoms with E-state index in [1.54, 1.807) is 0 Å². The predicted octanol–water partition coefficient (Wildman–Crippen LogP) is 3.92. The van der Waals surface area contributed by atoms with Crippen molar-refractivity contribution in [1.82, 2.24) is 5.32 Å². The van der Waals surface area contributed by atoms with Gasteiger partial charge in [-0.15, -0.1) is 0 Å². The first-order valence-corrected chi connectivity index (χ1v) is 11.2. The Labute approximate surface area is 175 Å². The predicted molar refractivity (Wildman–Crippen MR) is 111 cm³/mol. The minimum Gasteiger partial charge on any atom is -0.354 e. The molecule has 0 aliphatic heterocycles. The number of hydrogen-bond donors (Lipinski definition) is 1. The molecule has 0 radical (unpaired) electrons. The number of carbonyl (C=O) groups is 1. The summed E-state index contributed by atoms with van der Waals surface area (Å²) in [4.78, 5) is 12.5. The number of hydrogen-bond acceptors (Lipinski definition) is 3. The lowest BCUT2D eigenvalue weighted by molar-refractivity contribution is -0.137. The van der Waals surface area contributed by atoms with Gasteiger partial charge < -0.3 is 5.32 Å². The van der Waals surface area contributed by atoms with E-state index in [9.17, 15) is 26.4 Å². The number of aryl methyl sites for hydroxylation is 2. The molecule has 0 heterocycles. The second-order valence-electron chi connectivity index (χ2n) is 7.17. The molecule has 0 fully saturated rings. The third kappa shape index (κ3) is 6.48. The molecule has 0 unspecified atom stereocenters. The number of carbonyl (C=O) groups excluding carboxylic acids is 1. The van der Waals surface area contributed by atoms with Crippen LogP contribution in [0.15, 0.2) is 48.5 Å². The van der Waals surface area contributed by atoms with E-state index in [1.165, 1.54) is 13.0 Å². The maximum absolute atomic E-state index is 13.0. The Balaban J connectivity index is 2.08. The third-order valence-electron chi connectivity index (χ3n) is 4.54. The second-order valence-corrected chi connectivity index (χ2v) is 9.03. The number of halogens is 3. The number of rotatable bonds is 8. The lowest BCUT2D eigenvalue weighted by atomic mass is 10.1. The van der Waals surface area contributed by atoms with E-state index in [1.807, 2.05) is 31.2 Å². The standard InChI is InChI=1S/C21H25F3N2O3S/c1-15-7-4-8-17(13-15)9-6-12-25-20(27)16(2)26(30(3,28)29)19-11-5-10-18(14-19)21(22,23)24/h4-5,7-8,10-11,13-14,16H,6,9,12H2,1-3H3,(H,25,27)/t16-/m1/s1. The van der Waals surface area contributed by atoms with Gasteiger partial charge in [0.1, 0.15) is 6.04 Å². The highest BCUT2D eigenvalue weighted by Crippen LogP contribution is 2.32. The van der Waals surface area contributed by atoms with Crippen molar-refractivity contribution in [3.05, 3.63) is 65.2 Å². The summed E-state index contributed by atoms with van der Waals surface area (Å²) < 4.78 is 64.2. The number of anilines is 1. The smallest absolute Gasteiger partial charge is 0.354 e. The molecule has 164 valence electrons. The van der Waals surface area contributed by atoms with Gasteiger partial charge in [0.2, 0.25) is 15.9 Å². The first kappa shape index (κ1) is 23.7. The molecule has 0 saturated carbocycles. The van der Waals surface area contributed by atoms with Gasteiger partial charge in [-0.05, 0) is 50.5 Å². The average Bonchev–Trinajstić information content (AvgIpc) is 2.63. The Hall–Kier alpha value is -2.55. The van der Waals surface area contributed by atoms with Crippen LogP contribution in [-0.2, 0) is 27.4 Å². The number of sulfonamides is 1. The van der Waals surface area contributed by atoms with Gasteiger partial charge in [-0.1, -0.05) is 35.9 Å². The van der Waals surface area contributed by atoms with Crippen LogP contribution in [0.4, 0.5) is 18.9 Å². The number of benzene rings is 2. The first-order valence-electron chi connectivity index (χ1n) is 9.39. The van der Waals surface area contributed by atoms with E-state index >= 15 is 0 Å². The van der Waals surface area contributed by atoms with E-state index in [2.05, 4.69) is 5.32 Å². The zero-order chi connectivity index (χ0) is 22.5. The van der Waals surface area contributed by atoms with Gasteiger partial charge >= 0.3 is 6.18 Å². The molecule has 0 aliphatic carbocycles.